The second-order valence-corrected chi connectivity index (χ2v) is 8.20. The van der Waals surface area contributed by atoms with E-state index in [1.807, 2.05) is 52.0 Å². The number of aryl methyl sites for hydroxylation is 2. The van der Waals surface area contributed by atoms with E-state index in [0.717, 1.165) is 35.3 Å². The molecule has 2 aliphatic rings. The Hall–Kier alpha value is -3.84. The Morgan fingerprint density at radius 2 is 1.60 bits per heavy atom. The van der Waals surface area contributed by atoms with Crippen molar-refractivity contribution in [2.45, 2.75) is 27.7 Å². The lowest BCUT2D eigenvalue weighted by Crippen LogP contribution is -3.00. The molecule has 4 rings (SSSR count). The van der Waals surface area contributed by atoms with E-state index in [1.165, 1.54) is 18.2 Å². The summed E-state index contributed by atoms with van der Waals surface area (Å²) in [6.45, 7) is 9.35. The van der Waals surface area contributed by atoms with Gasteiger partial charge in [0.15, 0.2) is 0 Å². The van der Waals surface area contributed by atoms with Gasteiger partial charge in [-0.05, 0) is 57.5 Å². The van der Waals surface area contributed by atoms with Gasteiger partial charge < -0.3 is 32.4 Å². The van der Waals surface area contributed by atoms with E-state index in [9.17, 15) is 19.8 Å². The fraction of sp³-hybridized carbons (Fsp3) is 0.222. The topological polar surface area (TPSA) is 114 Å². The lowest BCUT2D eigenvalue weighted by atomic mass is 9.86. The van der Waals surface area contributed by atoms with Crippen molar-refractivity contribution in [3.63, 3.8) is 0 Å². The molecule has 0 unspecified atom stereocenters. The minimum Gasteiger partial charge on any atom is -1.00 e. The first kappa shape index (κ1) is 25.8. The zero-order chi connectivity index (χ0) is 24.6. The molecule has 0 atom stereocenters. The number of aromatic carboxylic acids is 2. The first-order chi connectivity index (χ1) is 16.3. The van der Waals surface area contributed by atoms with Gasteiger partial charge in [-0.25, -0.2) is 14.6 Å². The lowest BCUT2D eigenvalue weighted by molar-refractivity contribution is -0.496. The molecular weight excluding hydrogens is 468 g/mol. The third-order valence-electron chi connectivity index (χ3n) is 5.92. The van der Waals surface area contributed by atoms with E-state index in [4.69, 9.17) is 4.42 Å². The number of carbonyl (C=O) groups is 2. The summed E-state index contributed by atoms with van der Waals surface area (Å²) >= 11 is 0. The van der Waals surface area contributed by atoms with Crippen molar-refractivity contribution < 1.29 is 41.6 Å². The van der Waals surface area contributed by atoms with Crippen molar-refractivity contribution in [2.24, 2.45) is 0 Å². The quantitative estimate of drug-likeness (QED) is 0.293. The van der Waals surface area contributed by atoms with E-state index in [2.05, 4.69) is 10.3 Å². The van der Waals surface area contributed by atoms with Gasteiger partial charge in [0.2, 0.25) is 5.36 Å². The van der Waals surface area contributed by atoms with Gasteiger partial charge in [-0.3, -0.25) is 0 Å². The number of rotatable bonds is 6. The molecule has 2 aromatic carbocycles. The number of fused-ring (bicyclic) bond motifs is 2. The molecule has 0 spiro atoms. The molecular formula is C27H27ClN2O5. The van der Waals surface area contributed by atoms with E-state index < -0.39 is 11.9 Å². The van der Waals surface area contributed by atoms with E-state index in [1.54, 1.807) is 0 Å². The molecule has 182 valence electrons. The first-order valence-corrected chi connectivity index (χ1v) is 11.2. The summed E-state index contributed by atoms with van der Waals surface area (Å²) < 4.78 is 6.32. The Bertz CT molecular complexity index is 1460. The highest BCUT2D eigenvalue weighted by molar-refractivity contribution is 6.13. The molecule has 0 saturated carbocycles. The predicted octanol–water partition coefficient (Wildman–Crippen LogP) is 0.655. The molecule has 0 amide bonds. The van der Waals surface area contributed by atoms with Crippen LogP contribution >= 0.6 is 0 Å². The van der Waals surface area contributed by atoms with Crippen LogP contribution in [-0.4, -0.2) is 35.2 Å². The minimum absolute atomic E-state index is 0. The number of carboxylic acids is 2. The number of benzene rings is 3. The molecule has 4 N–H and O–H groups in total. The standard InChI is InChI=1S/C27H26N2O5.ClH/c1-5-28-20-12-22-18(10-14(20)3)25(19-11-15(4)21(29-6-2)13-23(19)34-22)24-16(26(30)31)8-7-9-17(24)27(32)33;/h7-13,28H,5-6H2,1-4H3,(H,30,31)(H,32,33);1H. The van der Waals surface area contributed by atoms with Crippen LogP contribution < -0.4 is 28.1 Å². The summed E-state index contributed by atoms with van der Waals surface area (Å²) in [5.41, 5.74) is 4.51. The Kier molecular flexibility index (Phi) is 7.51. The summed E-state index contributed by atoms with van der Waals surface area (Å²) in [7, 11) is 0. The van der Waals surface area contributed by atoms with Crippen molar-refractivity contribution in [3.05, 3.63) is 70.1 Å². The van der Waals surface area contributed by atoms with Crippen LogP contribution in [-0.2, 0) is 0 Å². The van der Waals surface area contributed by atoms with Gasteiger partial charge in [-0.1, -0.05) is 6.07 Å². The van der Waals surface area contributed by atoms with E-state index in [0.29, 0.717) is 27.9 Å². The molecule has 0 bridgehead atoms. The van der Waals surface area contributed by atoms with Gasteiger partial charge >= 0.3 is 11.9 Å². The molecule has 0 fully saturated rings. The Morgan fingerprint density at radius 3 is 2.17 bits per heavy atom. The van der Waals surface area contributed by atoms with Crippen molar-refractivity contribution in [3.8, 4) is 22.5 Å². The molecule has 0 aromatic heterocycles. The van der Waals surface area contributed by atoms with Gasteiger partial charge in [0.05, 0.1) is 17.2 Å². The van der Waals surface area contributed by atoms with Crippen LogP contribution in [0.2, 0.25) is 0 Å². The third kappa shape index (κ3) is 4.59. The molecule has 1 heterocycles. The van der Waals surface area contributed by atoms with Crippen molar-refractivity contribution >= 4 is 28.6 Å². The van der Waals surface area contributed by atoms with Crippen LogP contribution in [0.1, 0.15) is 45.7 Å². The van der Waals surface area contributed by atoms with Gasteiger partial charge in [0.1, 0.15) is 17.9 Å². The van der Waals surface area contributed by atoms with Gasteiger partial charge in [-0.15, -0.1) is 0 Å². The molecule has 1 aliphatic heterocycles. The second kappa shape index (κ2) is 10.2. The number of carboxylic acid groups (broad SMARTS) is 2. The summed E-state index contributed by atoms with van der Waals surface area (Å²) in [6.07, 6.45) is 0. The maximum absolute atomic E-state index is 12.2. The van der Waals surface area contributed by atoms with E-state index >= 15 is 0 Å². The summed E-state index contributed by atoms with van der Waals surface area (Å²) in [6, 6.07) is 11.9. The number of nitrogens with one attached hydrogen (secondary N) is 2. The second-order valence-electron chi connectivity index (χ2n) is 8.20. The number of halogens is 1. The predicted molar refractivity (Wildman–Crippen MR) is 130 cm³/mol. The minimum atomic E-state index is -1.19. The number of hydrogen-bond acceptors (Lipinski definition) is 4. The van der Waals surface area contributed by atoms with E-state index in [-0.39, 0.29) is 29.1 Å². The molecule has 0 saturated heterocycles. The SMILES string of the molecule is CCNc1cc2oc3cc(=[NH+]CC)c(C)cc-3c(-c3c(C(=O)O)cccc3C(=O)O)c2cc1C.[Cl-]. The van der Waals surface area contributed by atoms with Crippen molar-refractivity contribution in [2.75, 3.05) is 18.4 Å². The summed E-state index contributed by atoms with van der Waals surface area (Å²) in [5.74, 6) is -1.85. The van der Waals surface area contributed by atoms with Gasteiger partial charge in [0.25, 0.3) is 0 Å². The molecule has 7 nitrogen and oxygen atoms in total. The Labute approximate surface area is 208 Å². The summed E-state index contributed by atoms with van der Waals surface area (Å²) in [5, 5.41) is 24.8. The number of anilines is 1. The monoisotopic (exact) mass is 494 g/mol. The maximum atomic E-state index is 12.2. The maximum Gasteiger partial charge on any atom is 0.336 e. The fourth-order valence-corrected chi connectivity index (χ4v) is 4.41. The van der Waals surface area contributed by atoms with Crippen molar-refractivity contribution in [1.82, 2.24) is 0 Å². The normalized spacial score (nSPS) is 11.5. The van der Waals surface area contributed by atoms with Crippen LogP contribution in [0.5, 0.6) is 0 Å². The van der Waals surface area contributed by atoms with Crippen LogP contribution in [0.4, 0.5) is 5.69 Å². The molecule has 35 heavy (non-hydrogen) atoms. The highest BCUT2D eigenvalue weighted by Gasteiger charge is 2.27. The van der Waals surface area contributed by atoms with Gasteiger partial charge in [0, 0.05) is 45.9 Å². The average Bonchev–Trinajstić information content (AvgIpc) is 2.79. The Morgan fingerprint density at radius 1 is 0.943 bits per heavy atom. The van der Waals surface area contributed by atoms with Crippen molar-refractivity contribution in [1.29, 1.82) is 0 Å². The smallest absolute Gasteiger partial charge is 0.336 e. The first-order valence-electron chi connectivity index (χ1n) is 11.2. The fourth-order valence-electron chi connectivity index (χ4n) is 4.41. The highest BCUT2D eigenvalue weighted by atomic mass is 35.5. The zero-order valence-corrected chi connectivity index (χ0v) is 20.7. The van der Waals surface area contributed by atoms with Crippen LogP contribution in [0, 0.1) is 13.8 Å². The van der Waals surface area contributed by atoms with Crippen LogP contribution in [0.15, 0.2) is 46.9 Å². The summed E-state index contributed by atoms with van der Waals surface area (Å²) in [4.78, 5) is 27.8. The lowest BCUT2D eigenvalue weighted by Gasteiger charge is -2.20. The molecule has 1 aliphatic carbocycles. The average molecular weight is 495 g/mol. The third-order valence-corrected chi connectivity index (χ3v) is 5.92. The van der Waals surface area contributed by atoms with Gasteiger partial charge in [-0.2, -0.15) is 0 Å². The largest absolute Gasteiger partial charge is 1.00 e. The van der Waals surface area contributed by atoms with Crippen LogP contribution in [0.25, 0.3) is 33.4 Å². The highest BCUT2D eigenvalue weighted by Crippen LogP contribution is 2.44. The Balaban J connectivity index is 0.00000342. The molecule has 8 heteroatoms. The van der Waals surface area contributed by atoms with Crippen LogP contribution in [0.3, 0.4) is 0 Å². The molecule has 0 radical (unpaired) electrons. The zero-order valence-electron chi connectivity index (χ0n) is 20.0. The number of hydrogen-bond donors (Lipinski definition) is 4. The molecule has 2 aromatic rings.